The van der Waals surface area contributed by atoms with Crippen LogP contribution in [0.4, 0.5) is 9.18 Å². The van der Waals surface area contributed by atoms with E-state index in [1.807, 2.05) is 20.8 Å². The predicted octanol–water partition coefficient (Wildman–Crippen LogP) is 3.21. The first-order valence-corrected chi connectivity index (χ1v) is 8.21. The Morgan fingerprint density at radius 3 is 2.46 bits per heavy atom. The standard InChI is InChI=1S/C18H26FNO4/c1-17(2,3)24-16(22)20-10-8-18(12-21,9-11-20)13-23-15-7-5-4-6-14(15)19/h4-7,21H,8-13H2,1-3H3. The van der Waals surface area contributed by atoms with Gasteiger partial charge >= 0.3 is 6.09 Å². The first-order valence-electron chi connectivity index (χ1n) is 8.21. The molecule has 1 aliphatic heterocycles. The topological polar surface area (TPSA) is 59.0 Å². The zero-order valence-electron chi connectivity index (χ0n) is 14.5. The highest BCUT2D eigenvalue weighted by atomic mass is 19.1. The summed E-state index contributed by atoms with van der Waals surface area (Å²) < 4.78 is 24.6. The summed E-state index contributed by atoms with van der Waals surface area (Å²) in [4.78, 5) is 13.7. The summed E-state index contributed by atoms with van der Waals surface area (Å²) >= 11 is 0. The van der Waals surface area contributed by atoms with Gasteiger partial charge in [-0.3, -0.25) is 0 Å². The third-order valence-electron chi connectivity index (χ3n) is 4.18. The molecule has 6 heteroatoms. The number of aliphatic hydroxyl groups is 1. The van der Waals surface area contributed by atoms with E-state index in [0.29, 0.717) is 25.9 Å². The van der Waals surface area contributed by atoms with Crippen molar-refractivity contribution in [2.24, 2.45) is 5.41 Å². The quantitative estimate of drug-likeness (QED) is 0.915. The molecule has 1 aliphatic rings. The Morgan fingerprint density at radius 2 is 1.92 bits per heavy atom. The van der Waals surface area contributed by atoms with Gasteiger partial charge in [0.2, 0.25) is 0 Å². The molecule has 1 saturated heterocycles. The van der Waals surface area contributed by atoms with Crippen molar-refractivity contribution in [3.63, 3.8) is 0 Å². The molecule has 1 aromatic rings. The molecule has 0 spiro atoms. The number of carbonyl (C=O) groups excluding carboxylic acids is 1. The molecule has 1 heterocycles. The van der Waals surface area contributed by atoms with Gasteiger partial charge in [-0.1, -0.05) is 12.1 Å². The number of benzene rings is 1. The maximum Gasteiger partial charge on any atom is 0.410 e. The van der Waals surface area contributed by atoms with Gasteiger partial charge in [-0.25, -0.2) is 9.18 Å². The average Bonchev–Trinajstić information content (AvgIpc) is 2.53. The van der Waals surface area contributed by atoms with Crippen LogP contribution in [0.3, 0.4) is 0 Å². The van der Waals surface area contributed by atoms with E-state index in [2.05, 4.69) is 0 Å². The zero-order valence-corrected chi connectivity index (χ0v) is 14.5. The van der Waals surface area contributed by atoms with Crippen LogP contribution in [0.2, 0.25) is 0 Å². The Bertz CT molecular complexity index is 562. The largest absolute Gasteiger partial charge is 0.490 e. The molecule has 0 radical (unpaired) electrons. The van der Waals surface area contributed by atoms with Gasteiger partial charge in [0.1, 0.15) is 5.60 Å². The summed E-state index contributed by atoms with van der Waals surface area (Å²) in [5, 5.41) is 9.79. The Labute approximate surface area is 142 Å². The number of piperidine rings is 1. The van der Waals surface area contributed by atoms with Crippen molar-refractivity contribution in [1.82, 2.24) is 4.90 Å². The fraction of sp³-hybridized carbons (Fsp3) is 0.611. The summed E-state index contributed by atoms with van der Waals surface area (Å²) in [6, 6.07) is 6.21. The molecular formula is C18H26FNO4. The molecule has 0 aliphatic carbocycles. The minimum absolute atomic E-state index is 0.0659. The van der Waals surface area contributed by atoms with Crippen molar-refractivity contribution in [3.05, 3.63) is 30.1 Å². The predicted molar refractivity (Wildman–Crippen MR) is 88.5 cm³/mol. The monoisotopic (exact) mass is 339 g/mol. The highest BCUT2D eigenvalue weighted by molar-refractivity contribution is 5.68. The van der Waals surface area contributed by atoms with Gasteiger partial charge in [0.25, 0.3) is 0 Å². The van der Waals surface area contributed by atoms with Gasteiger partial charge in [-0.15, -0.1) is 0 Å². The highest BCUT2D eigenvalue weighted by Crippen LogP contribution is 2.33. The summed E-state index contributed by atoms with van der Waals surface area (Å²) in [6.45, 7) is 6.60. The molecular weight excluding hydrogens is 313 g/mol. The zero-order chi connectivity index (χ0) is 17.8. The molecule has 0 saturated carbocycles. The van der Waals surface area contributed by atoms with Gasteiger partial charge in [0.05, 0.1) is 13.2 Å². The third kappa shape index (κ3) is 4.84. The van der Waals surface area contributed by atoms with E-state index in [-0.39, 0.29) is 25.1 Å². The van der Waals surface area contributed by atoms with Crippen molar-refractivity contribution in [3.8, 4) is 5.75 Å². The number of ether oxygens (including phenoxy) is 2. The molecule has 0 aromatic heterocycles. The number of likely N-dealkylation sites (tertiary alicyclic amines) is 1. The molecule has 24 heavy (non-hydrogen) atoms. The number of aliphatic hydroxyl groups excluding tert-OH is 1. The minimum atomic E-state index is -0.531. The van der Waals surface area contributed by atoms with E-state index < -0.39 is 16.8 Å². The minimum Gasteiger partial charge on any atom is -0.490 e. The van der Waals surface area contributed by atoms with Crippen LogP contribution in [0.1, 0.15) is 33.6 Å². The maximum atomic E-state index is 13.6. The van der Waals surface area contributed by atoms with Gasteiger partial charge in [-0.05, 0) is 45.7 Å². The Balaban J connectivity index is 1.91. The molecule has 1 amide bonds. The van der Waals surface area contributed by atoms with Crippen LogP contribution in [0.5, 0.6) is 5.75 Å². The van der Waals surface area contributed by atoms with Crippen LogP contribution in [-0.4, -0.2) is 48.0 Å². The van der Waals surface area contributed by atoms with Crippen LogP contribution in [0.25, 0.3) is 0 Å². The smallest absolute Gasteiger partial charge is 0.410 e. The molecule has 2 rings (SSSR count). The fourth-order valence-corrected chi connectivity index (χ4v) is 2.63. The summed E-state index contributed by atoms with van der Waals surface area (Å²) in [5.41, 5.74) is -1.00. The van der Waals surface area contributed by atoms with E-state index in [0.717, 1.165) is 0 Å². The first-order chi connectivity index (χ1) is 11.2. The number of para-hydroxylation sites is 1. The maximum absolute atomic E-state index is 13.6. The molecule has 1 N–H and O–H groups in total. The molecule has 1 aromatic carbocycles. The lowest BCUT2D eigenvalue weighted by Crippen LogP contribution is -2.48. The number of carbonyl (C=O) groups is 1. The van der Waals surface area contributed by atoms with E-state index in [1.165, 1.54) is 6.07 Å². The van der Waals surface area contributed by atoms with Crippen molar-refractivity contribution >= 4 is 6.09 Å². The van der Waals surface area contributed by atoms with Gasteiger partial charge in [0.15, 0.2) is 11.6 Å². The second-order valence-corrected chi connectivity index (χ2v) is 7.34. The van der Waals surface area contributed by atoms with Crippen LogP contribution in [-0.2, 0) is 4.74 Å². The second kappa shape index (κ2) is 7.38. The lowest BCUT2D eigenvalue weighted by atomic mass is 9.80. The Morgan fingerprint density at radius 1 is 1.29 bits per heavy atom. The third-order valence-corrected chi connectivity index (χ3v) is 4.18. The van der Waals surface area contributed by atoms with Crippen molar-refractivity contribution in [1.29, 1.82) is 0 Å². The molecule has 0 bridgehead atoms. The van der Waals surface area contributed by atoms with Crippen molar-refractivity contribution < 1.29 is 23.8 Å². The number of hydrogen-bond donors (Lipinski definition) is 1. The number of rotatable bonds is 4. The fourth-order valence-electron chi connectivity index (χ4n) is 2.63. The molecule has 134 valence electrons. The summed E-state index contributed by atoms with van der Waals surface area (Å²) in [5.74, 6) is -0.239. The van der Waals surface area contributed by atoms with Crippen LogP contribution >= 0.6 is 0 Å². The lowest BCUT2D eigenvalue weighted by molar-refractivity contribution is -0.0150. The average molecular weight is 339 g/mol. The normalized spacial score (nSPS) is 17.5. The number of halogens is 1. The highest BCUT2D eigenvalue weighted by Gasteiger charge is 2.37. The molecule has 5 nitrogen and oxygen atoms in total. The second-order valence-electron chi connectivity index (χ2n) is 7.34. The van der Waals surface area contributed by atoms with E-state index in [1.54, 1.807) is 23.1 Å². The first kappa shape index (κ1) is 18.5. The number of nitrogens with zero attached hydrogens (tertiary/aromatic N) is 1. The van der Waals surface area contributed by atoms with Gasteiger partial charge in [-0.2, -0.15) is 0 Å². The van der Waals surface area contributed by atoms with Crippen molar-refractivity contribution in [2.75, 3.05) is 26.3 Å². The van der Waals surface area contributed by atoms with Gasteiger partial charge in [0, 0.05) is 18.5 Å². The van der Waals surface area contributed by atoms with Crippen LogP contribution in [0, 0.1) is 11.2 Å². The SMILES string of the molecule is CC(C)(C)OC(=O)N1CCC(CO)(COc2ccccc2F)CC1. The summed E-state index contributed by atoms with van der Waals surface area (Å²) in [7, 11) is 0. The number of amides is 1. The van der Waals surface area contributed by atoms with Crippen LogP contribution < -0.4 is 4.74 Å². The molecule has 1 fully saturated rings. The Kier molecular flexibility index (Phi) is 5.70. The van der Waals surface area contributed by atoms with E-state index >= 15 is 0 Å². The lowest BCUT2D eigenvalue weighted by Gasteiger charge is -2.40. The molecule has 0 unspecified atom stereocenters. The Hall–Kier alpha value is -1.82. The molecule has 0 atom stereocenters. The summed E-state index contributed by atoms with van der Waals surface area (Å²) in [6.07, 6.45) is 0.818. The van der Waals surface area contributed by atoms with Gasteiger partial charge < -0.3 is 19.5 Å². The van der Waals surface area contributed by atoms with E-state index in [4.69, 9.17) is 9.47 Å². The number of hydrogen-bond acceptors (Lipinski definition) is 4. The van der Waals surface area contributed by atoms with Crippen molar-refractivity contribution in [2.45, 2.75) is 39.2 Å². The van der Waals surface area contributed by atoms with Crippen LogP contribution in [0.15, 0.2) is 24.3 Å². The van der Waals surface area contributed by atoms with E-state index in [9.17, 15) is 14.3 Å².